The van der Waals surface area contributed by atoms with Gasteiger partial charge in [-0.1, -0.05) is 11.8 Å². The number of nitrogen functional groups attached to an aromatic ring is 1. The normalized spacial score (nSPS) is 10.3. The summed E-state index contributed by atoms with van der Waals surface area (Å²) in [5.41, 5.74) is 7.16. The van der Waals surface area contributed by atoms with Crippen molar-refractivity contribution in [2.45, 2.75) is 9.24 Å². The summed E-state index contributed by atoms with van der Waals surface area (Å²) < 4.78 is 0.938. The molecule has 4 nitrogen and oxygen atoms in total. The van der Waals surface area contributed by atoms with E-state index in [4.69, 9.17) is 5.73 Å². The van der Waals surface area contributed by atoms with Crippen LogP contribution in [0.2, 0.25) is 0 Å². The molecule has 0 unspecified atom stereocenters. The first kappa shape index (κ1) is 12.9. The van der Waals surface area contributed by atoms with Crippen molar-refractivity contribution in [2.75, 3.05) is 19.8 Å². The summed E-state index contributed by atoms with van der Waals surface area (Å²) in [5, 5.41) is 1.92. The average molecular weight is 279 g/mol. The zero-order valence-corrected chi connectivity index (χ0v) is 11.7. The van der Waals surface area contributed by atoms with Gasteiger partial charge in [0, 0.05) is 41.8 Å². The SMILES string of the molecule is CN(C)C(=O)c1ccc(Sc2nccs2)c(N)c1. The van der Waals surface area contributed by atoms with E-state index in [0.717, 1.165) is 9.24 Å². The van der Waals surface area contributed by atoms with Gasteiger partial charge in [-0.3, -0.25) is 4.79 Å². The maximum absolute atomic E-state index is 11.8. The lowest BCUT2D eigenvalue weighted by atomic mass is 10.2. The van der Waals surface area contributed by atoms with Crippen LogP contribution in [0.25, 0.3) is 0 Å². The van der Waals surface area contributed by atoms with E-state index in [1.54, 1.807) is 43.8 Å². The predicted molar refractivity (Wildman–Crippen MR) is 75.1 cm³/mol. The molecular weight excluding hydrogens is 266 g/mol. The van der Waals surface area contributed by atoms with Gasteiger partial charge < -0.3 is 10.6 Å². The number of carbonyl (C=O) groups excluding carboxylic acids is 1. The maximum Gasteiger partial charge on any atom is 0.253 e. The minimum atomic E-state index is -0.0486. The van der Waals surface area contributed by atoms with Crippen LogP contribution in [0.15, 0.2) is 39.0 Å². The van der Waals surface area contributed by atoms with Crippen LogP contribution in [0.5, 0.6) is 0 Å². The standard InChI is InChI=1S/C12H13N3OS2/c1-15(2)11(16)8-3-4-10(9(13)7-8)18-12-14-5-6-17-12/h3-7H,13H2,1-2H3. The number of benzene rings is 1. The molecule has 2 aromatic rings. The Morgan fingerprint density at radius 1 is 1.44 bits per heavy atom. The van der Waals surface area contributed by atoms with E-state index in [0.29, 0.717) is 11.3 Å². The van der Waals surface area contributed by atoms with Crippen LogP contribution in [-0.2, 0) is 0 Å². The van der Waals surface area contributed by atoms with Crippen molar-refractivity contribution in [3.05, 3.63) is 35.3 Å². The number of amides is 1. The molecule has 0 radical (unpaired) electrons. The van der Waals surface area contributed by atoms with E-state index >= 15 is 0 Å². The van der Waals surface area contributed by atoms with Gasteiger partial charge in [-0.15, -0.1) is 11.3 Å². The topological polar surface area (TPSA) is 59.2 Å². The van der Waals surface area contributed by atoms with E-state index in [2.05, 4.69) is 4.98 Å². The van der Waals surface area contributed by atoms with Crippen molar-refractivity contribution >= 4 is 34.7 Å². The molecule has 0 bridgehead atoms. The van der Waals surface area contributed by atoms with Crippen LogP contribution >= 0.6 is 23.1 Å². The molecule has 0 fully saturated rings. The molecule has 0 saturated carbocycles. The van der Waals surface area contributed by atoms with Crippen LogP contribution in [0.3, 0.4) is 0 Å². The summed E-state index contributed by atoms with van der Waals surface area (Å²) in [6.07, 6.45) is 1.76. The lowest BCUT2D eigenvalue weighted by molar-refractivity contribution is 0.0827. The van der Waals surface area contributed by atoms with E-state index < -0.39 is 0 Å². The molecule has 1 aromatic carbocycles. The predicted octanol–water partition coefficient (Wildman–Crippen LogP) is 2.58. The monoisotopic (exact) mass is 279 g/mol. The molecule has 0 aliphatic carbocycles. The number of hydrogen-bond acceptors (Lipinski definition) is 5. The second kappa shape index (κ2) is 5.41. The Kier molecular flexibility index (Phi) is 3.88. The molecule has 0 spiro atoms. The third-order valence-corrected chi connectivity index (χ3v) is 4.25. The van der Waals surface area contributed by atoms with Crippen molar-refractivity contribution in [3.8, 4) is 0 Å². The van der Waals surface area contributed by atoms with Crippen molar-refractivity contribution < 1.29 is 4.79 Å². The molecule has 1 aromatic heterocycles. The smallest absolute Gasteiger partial charge is 0.253 e. The maximum atomic E-state index is 11.8. The minimum Gasteiger partial charge on any atom is -0.398 e. The van der Waals surface area contributed by atoms with E-state index in [1.165, 1.54) is 16.7 Å². The molecule has 6 heteroatoms. The first-order valence-corrected chi connectivity index (χ1v) is 6.96. The second-order valence-corrected chi connectivity index (χ2v) is 6.04. The van der Waals surface area contributed by atoms with Crippen molar-refractivity contribution in [3.63, 3.8) is 0 Å². The van der Waals surface area contributed by atoms with Gasteiger partial charge in [0.05, 0.1) is 0 Å². The minimum absolute atomic E-state index is 0.0486. The highest BCUT2D eigenvalue weighted by Gasteiger charge is 2.11. The molecular formula is C12H13N3OS2. The molecule has 94 valence electrons. The van der Waals surface area contributed by atoms with Crippen LogP contribution in [0.4, 0.5) is 5.69 Å². The third-order valence-electron chi connectivity index (χ3n) is 2.27. The second-order valence-electron chi connectivity index (χ2n) is 3.85. The average Bonchev–Trinajstić information content (AvgIpc) is 2.83. The summed E-state index contributed by atoms with van der Waals surface area (Å²) in [6, 6.07) is 5.35. The lowest BCUT2D eigenvalue weighted by Crippen LogP contribution is -2.21. The molecule has 0 aliphatic rings. The summed E-state index contributed by atoms with van der Waals surface area (Å²) >= 11 is 3.07. The van der Waals surface area contributed by atoms with Crippen LogP contribution in [0, 0.1) is 0 Å². The van der Waals surface area contributed by atoms with Crippen LogP contribution < -0.4 is 5.73 Å². The van der Waals surface area contributed by atoms with E-state index in [9.17, 15) is 4.79 Å². The molecule has 0 saturated heterocycles. The van der Waals surface area contributed by atoms with Crippen LogP contribution in [-0.4, -0.2) is 29.9 Å². The number of rotatable bonds is 3. The van der Waals surface area contributed by atoms with Crippen molar-refractivity contribution in [2.24, 2.45) is 0 Å². The van der Waals surface area contributed by atoms with Gasteiger partial charge in [-0.2, -0.15) is 0 Å². The highest BCUT2D eigenvalue weighted by molar-refractivity contribution is 8.01. The Morgan fingerprint density at radius 3 is 2.78 bits per heavy atom. The highest BCUT2D eigenvalue weighted by atomic mass is 32.2. The zero-order chi connectivity index (χ0) is 13.1. The van der Waals surface area contributed by atoms with Crippen LogP contribution in [0.1, 0.15) is 10.4 Å². The Hall–Kier alpha value is -1.53. The van der Waals surface area contributed by atoms with Gasteiger partial charge in [-0.25, -0.2) is 4.98 Å². The first-order chi connectivity index (χ1) is 8.58. The number of carbonyl (C=O) groups is 1. The molecule has 18 heavy (non-hydrogen) atoms. The van der Waals surface area contributed by atoms with Gasteiger partial charge in [-0.05, 0) is 18.2 Å². The molecule has 1 amide bonds. The summed E-state index contributed by atoms with van der Waals surface area (Å²) in [4.78, 5) is 18.4. The molecule has 0 aliphatic heterocycles. The number of nitrogens with zero attached hydrogens (tertiary/aromatic N) is 2. The Labute approximate surface area is 114 Å². The van der Waals surface area contributed by atoms with E-state index in [1.807, 2.05) is 11.4 Å². The number of thiazole rings is 1. The third kappa shape index (κ3) is 2.83. The van der Waals surface area contributed by atoms with Gasteiger partial charge in [0.15, 0.2) is 4.34 Å². The van der Waals surface area contributed by atoms with Gasteiger partial charge in [0.2, 0.25) is 0 Å². The Morgan fingerprint density at radius 2 is 2.22 bits per heavy atom. The lowest BCUT2D eigenvalue weighted by Gasteiger charge is -2.11. The number of hydrogen-bond donors (Lipinski definition) is 1. The highest BCUT2D eigenvalue weighted by Crippen LogP contribution is 2.33. The number of anilines is 1. The summed E-state index contributed by atoms with van der Waals surface area (Å²) in [5.74, 6) is -0.0486. The fourth-order valence-corrected chi connectivity index (χ4v) is 2.99. The van der Waals surface area contributed by atoms with Gasteiger partial charge >= 0.3 is 0 Å². The molecule has 2 N–H and O–H groups in total. The Bertz CT molecular complexity index is 552. The van der Waals surface area contributed by atoms with E-state index in [-0.39, 0.29) is 5.91 Å². The zero-order valence-electron chi connectivity index (χ0n) is 10.1. The fourth-order valence-electron chi connectivity index (χ4n) is 1.39. The first-order valence-electron chi connectivity index (χ1n) is 5.26. The Balaban J connectivity index is 2.23. The molecule has 2 rings (SSSR count). The number of nitrogens with two attached hydrogens (primary N) is 1. The molecule has 1 heterocycles. The largest absolute Gasteiger partial charge is 0.398 e. The van der Waals surface area contributed by atoms with Crippen molar-refractivity contribution in [1.82, 2.24) is 9.88 Å². The summed E-state index contributed by atoms with van der Waals surface area (Å²) in [7, 11) is 3.44. The van der Waals surface area contributed by atoms with Crippen molar-refractivity contribution in [1.29, 1.82) is 0 Å². The van der Waals surface area contributed by atoms with Gasteiger partial charge in [0.1, 0.15) is 0 Å². The number of aromatic nitrogens is 1. The summed E-state index contributed by atoms with van der Waals surface area (Å²) in [6.45, 7) is 0. The quantitative estimate of drug-likeness (QED) is 0.877. The fraction of sp³-hybridized carbons (Fsp3) is 0.167. The van der Waals surface area contributed by atoms with Gasteiger partial charge in [0.25, 0.3) is 5.91 Å². The molecule has 0 atom stereocenters.